The summed E-state index contributed by atoms with van der Waals surface area (Å²) in [4.78, 5) is 25.1. The van der Waals surface area contributed by atoms with E-state index in [4.69, 9.17) is 4.74 Å². The first kappa shape index (κ1) is 15.7. The van der Waals surface area contributed by atoms with Crippen LogP contribution in [0.1, 0.15) is 36.7 Å². The molecule has 6 nitrogen and oxygen atoms in total. The van der Waals surface area contributed by atoms with Gasteiger partial charge in [-0.05, 0) is 12.8 Å². The highest BCUT2D eigenvalue weighted by Gasteiger charge is 2.70. The first-order valence-electron chi connectivity index (χ1n) is 7.49. The highest BCUT2D eigenvalue weighted by molar-refractivity contribution is 6.16. The van der Waals surface area contributed by atoms with E-state index in [0.717, 1.165) is 0 Å². The summed E-state index contributed by atoms with van der Waals surface area (Å²) >= 11 is 0. The molecular formula is C17H19NO5. The van der Waals surface area contributed by atoms with Crippen molar-refractivity contribution in [1.29, 1.82) is 0 Å². The number of ketones is 1. The number of allylic oxidation sites excluding steroid dienone is 1. The summed E-state index contributed by atoms with van der Waals surface area (Å²) in [5.41, 5.74) is -4.01. The summed E-state index contributed by atoms with van der Waals surface area (Å²) in [6.07, 6.45) is 0. The van der Waals surface area contributed by atoms with Gasteiger partial charge >= 0.3 is 5.97 Å². The lowest BCUT2D eigenvalue weighted by Gasteiger charge is -2.32. The molecule has 122 valence electrons. The number of aliphatic hydroxyl groups is 2. The fraction of sp³-hybridized carbons (Fsp3) is 0.412. The van der Waals surface area contributed by atoms with Gasteiger partial charge in [0.2, 0.25) is 17.1 Å². The molecule has 0 bridgehead atoms. The molecule has 0 unspecified atom stereocenters. The predicted octanol–water partition coefficient (Wildman–Crippen LogP) is 0.835. The minimum Gasteiger partial charge on any atom is -0.462 e. The van der Waals surface area contributed by atoms with Crippen LogP contribution in [0.5, 0.6) is 0 Å². The summed E-state index contributed by atoms with van der Waals surface area (Å²) < 4.78 is 5.16. The number of fused-ring (bicyclic) bond motifs is 3. The third-order valence-electron chi connectivity index (χ3n) is 4.27. The highest BCUT2D eigenvalue weighted by Crippen LogP contribution is 2.51. The van der Waals surface area contributed by atoms with Crippen LogP contribution in [0.2, 0.25) is 0 Å². The summed E-state index contributed by atoms with van der Waals surface area (Å²) in [5, 5.41) is 24.7. The van der Waals surface area contributed by atoms with Crippen LogP contribution >= 0.6 is 0 Å². The van der Waals surface area contributed by atoms with E-state index in [1.165, 1.54) is 13.0 Å². The van der Waals surface area contributed by atoms with Gasteiger partial charge in [0.15, 0.2) is 0 Å². The zero-order valence-corrected chi connectivity index (χ0v) is 13.2. The minimum atomic E-state index is -2.38. The quantitative estimate of drug-likeness (QED) is 0.715. The minimum absolute atomic E-state index is 0.110. The average Bonchev–Trinajstić information content (AvgIpc) is 2.80. The van der Waals surface area contributed by atoms with Gasteiger partial charge in [-0.25, -0.2) is 4.79 Å². The van der Waals surface area contributed by atoms with Crippen molar-refractivity contribution >= 4 is 11.8 Å². The van der Waals surface area contributed by atoms with Gasteiger partial charge in [-0.3, -0.25) is 4.79 Å². The summed E-state index contributed by atoms with van der Waals surface area (Å²) in [6.45, 7) is 5.44. The van der Waals surface area contributed by atoms with Crippen molar-refractivity contribution in [3.63, 3.8) is 0 Å². The molecule has 1 heterocycles. The first-order valence-corrected chi connectivity index (χ1v) is 7.49. The Bertz CT molecular complexity index is 738. The molecule has 23 heavy (non-hydrogen) atoms. The van der Waals surface area contributed by atoms with Crippen LogP contribution in [-0.2, 0) is 15.3 Å². The lowest BCUT2D eigenvalue weighted by atomic mass is 9.85. The molecule has 0 saturated carbocycles. The number of Topliss-reactive ketones (excluding diaryl/α,β-unsaturated/α-hetero) is 1. The summed E-state index contributed by atoms with van der Waals surface area (Å²) in [6, 6.07) is 6.35. The Morgan fingerprint density at radius 3 is 2.61 bits per heavy atom. The van der Waals surface area contributed by atoms with Gasteiger partial charge in [-0.1, -0.05) is 38.1 Å². The molecule has 0 radical (unpaired) electrons. The van der Waals surface area contributed by atoms with E-state index in [-0.39, 0.29) is 34.9 Å². The molecule has 6 heteroatoms. The Morgan fingerprint density at radius 2 is 1.96 bits per heavy atom. The van der Waals surface area contributed by atoms with Crippen LogP contribution in [0.3, 0.4) is 0 Å². The third-order valence-corrected chi connectivity index (χ3v) is 4.27. The molecular weight excluding hydrogens is 298 g/mol. The zero-order valence-electron chi connectivity index (χ0n) is 13.2. The number of nitrogens with one attached hydrogen (secondary N) is 1. The standard InChI is InChI=1S/C17H19NO5/c1-9(2)8-23-15(20)13-10(3)18-17(22)12-7-5-4-6-11(12)14(19)16(13,17)21/h4-7,9,18,21-22H,8H2,1-3H3/t16-,17-/m1/s1. The van der Waals surface area contributed by atoms with Crippen molar-refractivity contribution in [2.75, 3.05) is 6.61 Å². The lowest BCUT2D eigenvalue weighted by molar-refractivity contribution is -0.147. The van der Waals surface area contributed by atoms with Gasteiger partial charge in [0.1, 0.15) is 5.57 Å². The normalized spacial score (nSPS) is 28.7. The van der Waals surface area contributed by atoms with E-state index in [2.05, 4.69) is 5.32 Å². The highest BCUT2D eigenvalue weighted by atomic mass is 16.5. The molecule has 1 aliphatic carbocycles. The van der Waals surface area contributed by atoms with Crippen molar-refractivity contribution in [2.24, 2.45) is 5.92 Å². The van der Waals surface area contributed by atoms with Crippen molar-refractivity contribution in [1.82, 2.24) is 5.32 Å². The number of hydrogen-bond donors (Lipinski definition) is 3. The van der Waals surface area contributed by atoms with Gasteiger partial charge in [0.05, 0.1) is 6.61 Å². The molecule has 1 aromatic rings. The number of hydrogen-bond acceptors (Lipinski definition) is 6. The summed E-state index contributed by atoms with van der Waals surface area (Å²) in [7, 11) is 0. The lowest BCUT2D eigenvalue weighted by Crippen LogP contribution is -2.56. The van der Waals surface area contributed by atoms with Crippen LogP contribution in [-0.4, -0.2) is 34.2 Å². The fourth-order valence-corrected chi connectivity index (χ4v) is 3.22. The molecule has 3 rings (SSSR count). The number of esters is 1. The SMILES string of the molecule is CC1=C(C(=O)OCC(C)C)[C@@]2(O)C(=O)c3ccccc3[C@]2(O)N1. The first-order chi connectivity index (χ1) is 10.7. The number of carbonyl (C=O) groups excluding carboxylic acids is 2. The number of rotatable bonds is 3. The Labute approximate surface area is 133 Å². The molecule has 0 fully saturated rings. The molecule has 2 atom stereocenters. The molecule has 2 aliphatic rings. The van der Waals surface area contributed by atoms with E-state index >= 15 is 0 Å². The van der Waals surface area contributed by atoms with Crippen molar-refractivity contribution in [3.05, 3.63) is 46.7 Å². The van der Waals surface area contributed by atoms with Crippen LogP contribution in [0, 0.1) is 5.92 Å². The maximum atomic E-state index is 12.7. The molecule has 0 saturated heterocycles. The molecule has 0 amide bonds. The van der Waals surface area contributed by atoms with E-state index in [0.29, 0.717) is 0 Å². The maximum Gasteiger partial charge on any atom is 0.339 e. The van der Waals surface area contributed by atoms with Gasteiger partial charge in [0, 0.05) is 16.8 Å². The second-order valence-corrected chi connectivity index (χ2v) is 6.41. The molecule has 0 spiro atoms. The number of ether oxygens (including phenoxy) is 1. The Balaban J connectivity index is 2.07. The van der Waals surface area contributed by atoms with Crippen LogP contribution in [0.4, 0.5) is 0 Å². The summed E-state index contributed by atoms with van der Waals surface area (Å²) in [5.74, 6) is -1.40. The van der Waals surface area contributed by atoms with E-state index in [9.17, 15) is 19.8 Å². The topological polar surface area (TPSA) is 95.9 Å². The second kappa shape index (κ2) is 4.91. The van der Waals surface area contributed by atoms with E-state index in [1.807, 2.05) is 13.8 Å². The average molecular weight is 317 g/mol. The molecule has 3 N–H and O–H groups in total. The molecule has 0 aromatic heterocycles. The monoisotopic (exact) mass is 317 g/mol. The van der Waals surface area contributed by atoms with E-state index < -0.39 is 23.1 Å². The Hall–Kier alpha value is -2.18. The van der Waals surface area contributed by atoms with Gasteiger partial charge < -0.3 is 20.3 Å². The number of benzene rings is 1. The zero-order chi connectivity index (χ0) is 17.0. The van der Waals surface area contributed by atoms with Crippen molar-refractivity contribution in [2.45, 2.75) is 32.1 Å². The Morgan fingerprint density at radius 1 is 1.30 bits per heavy atom. The van der Waals surface area contributed by atoms with Crippen molar-refractivity contribution in [3.8, 4) is 0 Å². The van der Waals surface area contributed by atoms with Crippen LogP contribution in [0.15, 0.2) is 35.5 Å². The fourth-order valence-electron chi connectivity index (χ4n) is 3.22. The molecule has 1 aromatic carbocycles. The van der Waals surface area contributed by atoms with E-state index in [1.54, 1.807) is 18.2 Å². The van der Waals surface area contributed by atoms with Gasteiger partial charge in [-0.2, -0.15) is 0 Å². The third kappa shape index (κ3) is 1.88. The van der Waals surface area contributed by atoms with Crippen LogP contribution in [0.25, 0.3) is 0 Å². The van der Waals surface area contributed by atoms with Gasteiger partial charge in [-0.15, -0.1) is 0 Å². The largest absolute Gasteiger partial charge is 0.462 e. The smallest absolute Gasteiger partial charge is 0.339 e. The number of carbonyl (C=O) groups is 2. The molecule has 1 aliphatic heterocycles. The Kier molecular flexibility index (Phi) is 3.35. The maximum absolute atomic E-state index is 12.7. The van der Waals surface area contributed by atoms with Crippen molar-refractivity contribution < 1.29 is 24.5 Å². The van der Waals surface area contributed by atoms with Gasteiger partial charge in [0.25, 0.3) is 0 Å². The predicted molar refractivity (Wildman–Crippen MR) is 81.3 cm³/mol. The second-order valence-electron chi connectivity index (χ2n) is 6.41. The van der Waals surface area contributed by atoms with Crippen LogP contribution < -0.4 is 5.32 Å².